The van der Waals surface area contributed by atoms with Crippen molar-refractivity contribution in [3.63, 3.8) is 0 Å². The Labute approximate surface area is 172 Å². The molecule has 0 radical (unpaired) electrons. The Morgan fingerprint density at radius 1 is 1.21 bits per heavy atom. The van der Waals surface area contributed by atoms with Gasteiger partial charge in [0.1, 0.15) is 18.8 Å². The van der Waals surface area contributed by atoms with E-state index < -0.39 is 11.6 Å². The monoisotopic (exact) mass is 400 g/mol. The molecule has 3 rings (SSSR count). The van der Waals surface area contributed by atoms with Gasteiger partial charge >= 0.3 is 0 Å². The first kappa shape index (κ1) is 21.3. The van der Waals surface area contributed by atoms with Gasteiger partial charge in [-0.3, -0.25) is 4.98 Å². The normalized spacial score (nSPS) is 17.0. The maximum absolute atomic E-state index is 12.2. The Morgan fingerprint density at radius 3 is 2.48 bits per heavy atom. The number of ether oxygens (including phenoxy) is 1. The second-order valence-electron chi connectivity index (χ2n) is 8.72. The molecule has 1 saturated heterocycles. The fourth-order valence-electron chi connectivity index (χ4n) is 4.34. The molecule has 7 heteroatoms. The Balaban J connectivity index is 1.97. The number of carboxylic acid groups (broad SMARTS) is 1. The van der Waals surface area contributed by atoms with E-state index >= 15 is 0 Å². The van der Waals surface area contributed by atoms with Gasteiger partial charge < -0.3 is 14.6 Å². The van der Waals surface area contributed by atoms with Gasteiger partial charge in [0.05, 0.1) is 24.7 Å². The minimum atomic E-state index is -1.15. The number of rotatable bonds is 5. The maximum atomic E-state index is 12.2. The summed E-state index contributed by atoms with van der Waals surface area (Å²) in [6.07, 6.45) is 4.81. The van der Waals surface area contributed by atoms with Crippen LogP contribution in [0.4, 0.5) is 4.79 Å². The van der Waals surface area contributed by atoms with Crippen molar-refractivity contribution < 1.29 is 19.3 Å². The van der Waals surface area contributed by atoms with Crippen molar-refractivity contribution in [3.8, 4) is 5.75 Å². The molecule has 0 saturated carbocycles. The molecule has 1 aliphatic rings. The first-order valence-electron chi connectivity index (χ1n) is 10.3. The SMILES string of the molecule is COc1ccc2nccc(CN[N+]3(N(C(=O)[O-])C(C)(C)C)CCCCCC3)c2c1. The minimum absolute atomic E-state index is 0.194. The molecule has 2 heterocycles. The van der Waals surface area contributed by atoms with Gasteiger partial charge in [-0.2, -0.15) is 5.01 Å². The van der Waals surface area contributed by atoms with Crippen LogP contribution in [-0.4, -0.2) is 46.5 Å². The van der Waals surface area contributed by atoms with Crippen molar-refractivity contribution in [1.82, 2.24) is 15.4 Å². The van der Waals surface area contributed by atoms with Crippen LogP contribution in [0.15, 0.2) is 30.5 Å². The van der Waals surface area contributed by atoms with Crippen molar-refractivity contribution >= 4 is 17.0 Å². The van der Waals surface area contributed by atoms with Crippen LogP contribution in [0.1, 0.15) is 52.0 Å². The zero-order valence-electron chi connectivity index (χ0n) is 17.9. The number of fused-ring (bicyclic) bond motifs is 1. The van der Waals surface area contributed by atoms with Gasteiger partial charge in [0.2, 0.25) is 0 Å². The molecular formula is C22H32N4O3. The molecule has 1 amide bonds. The highest BCUT2D eigenvalue weighted by atomic mass is 16.5. The number of quaternary nitrogens is 1. The highest BCUT2D eigenvalue weighted by Crippen LogP contribution is 2.28. The zero-order chi connectivity index (χ0) is 21.1. The number of carbonyl (C=O) groups excluding carboxylic acids is 1. The molecule has 7 nitrogen and oxygen atoms in total. The average molecular weight is 401 g/mol. The lowest BCUT2D eigenvalue weighted by atomic mass is 10.1. The van der Waals surface area contributed by atoms with Crippen molar-refractivity contribution in [2.45, 2.75) is 58.5 Å². The number of methoxy groups -OCH3 is 1. The Kier molecular flexibility index (Phi) is 6.29. The summed E-state index contributed by atoms with van der Waals surface area (Å²) in [7, 11) is 1.65. The minimum Gasteiger partial charge on any atom is -0.526 e. The van der Waals surface area contributed by atoms with Crippen molar-refractivity contribution in [2.75, 3.05) is 20.2 Å². The second-order valence-corrected chi connectivity index (χ2v) is 8.72. The van der Waals surface area contributed by atoms with E-state index in [9.17, 15) is 9.90 Å². The largest absolute Gasteiger partial charge is 0.526 e. The highest BCUT2D eigenvalue weighted by Gasteiger charge is 2.43. The van der Waals surface area contributed by atoms with Gasteiger partial charge in [-0.05, 0) is 63.4 Å². The van der Waals surface area contributed by atoms with Crippen LogP contribution >= 0.6 is 0 Å². The quantitative estimate of drug-likeness (QED) is 0.781. The van der Waals surface area contributed by atoms with Crippen molar-refractivity contribution in [1.29, 1.82) is 0 Å². The van der Waals surface area contributed by atoms with Gasteiger partial charge in [0.15, 0.2) is 6.09 Å². The third-order valence-corrected chi connectivity index (χ3v) is 5.60. The maximum Gasteiger partial charge on any atom is 0.191 e. The van der Waals surface area contributed by atoms with Crippen molar-refractivity contribution in [3.05, 3.63) is 36.0 Å². The predicted molar refractivity (Wildman–Crippen MR) is 111 cm³/mol. The lowest BCUT2D eigenvalue weighted by Crippen LogP contribution is -2.75. The van der Waals surface area contributed by atoms with Gasteiger partial charge in [-0.15, -0.1) is 10.1 Å². The van der Waals surface area contributed by atoms with Gasteiger partial charge in [-0.25, -0.2) is 0 Å². The second kappa shape index (κ2) is 8.55. The third-order valence-electron chi connectivity index (χ3n) is 5.60. The Bertz CT molecular complexity index is 855. The number of nitrogens with one attached hydrogen (secondary N) is 1. The van der Waals surface area contributed by atoms with E-state index in [4.69, 9.17) is 4.74 Å². The number of amides is 1. The molecule has 29 heavy (non-hydrogen) atoms. The molecule has 0 atom stereocenters. The molecule has 0 unspecified atom stereocenters. The summed E-state index contributed by atoms with van der Waals surface area (Å²) in [4.78, 5) is 16.6. The van der Waals surface area contributed by atoms with E-state index in [-0.39, 0.29) is 4.70 Å². The molecule has 1 aromatic carbocycles. The first-order valence-corrected chi connectivity index (χ1v) is 10.3. The highest BCUT2D eigenvalue weighted by molar-refractivity contribution is 5.83. The molecule has 0 aliphatic carbocycles. The molecule has 0 bridgehead atoms. The number of nitrogens with zero attached hydrogens (tertiary/aromatic N) is 3. The average Bonchev–Trinajstić information content (AvgIpc) is 2.90. The fourth-order valence-corrected chi connectivity index (χ4v) is 4.34. The van der Waals surface area contributed by atoms with Crippen LogP contribution in [0.25, 0.3) is 10.9 Å². The van der Waals surface area contributed by atoms with Gasteiger partial charge in [0, 0.05) is 24.4 Å². The van der Waals surface area contributed by atoms with Crippen LogP contribution in [0.3, 0.4) is 0 Å². The molecule has 158 valence electrons. The zero-order valence-corrected chi connectivity index (χ0v) is 17.9. The van der Waals surface area contributed by atoms with E-state index in [0.29, 0.717) is 6.54 Å². The number of hydrogen-bond donors (Lipinski definition) is 1. The fraction of sp³-hybridized carbons (Fsp3) is 0.545. The molecular weight excluding hydrogens is 368 g/mol. The van der Waals surface area contributed by atoms with E-state index in [1.54, 1.807) is 13.3 Å². The van der Waals surface area contributed by atoms with Crippen LogP contribution in [-0.2, 0) is 6.54 Å². The lowest BCUT2D eigenvalue weighted by Gasteiger charge is -2.51. The molecule has 1 aliphatic heterocycles. The number of pyridine rings is 1. The predicted octanol–water partition coefficient (Wildman–Crippen LogP) is 3.00. The summed E-state index contributed by atoms with van der Waals surface area (Å²) in [5, 5.41) is 14.7. The van der Waals surface area contributed by atoms with Crippen LogP contribution in [0, 0.1) is 0 Å². The molecule has 2 aromatic rings. The topological polar surface area (TPSA) is 77.5 Å². The summed E-state index contributed by atoms with van der Waals surface area (Å²) in [6, 6.07) is 7.79. The standard InChI is InChI=1S/C22H32N4O3/c1-22(2,3)25(21(27)28)26(13-7-5-6-8-14-26)24-16-17-11-12-23-20-10-9-18(29-4)15-19(17)20/h9-12,15,24H,5-8,13-14,16H2,1-4H3. The van der Waals surface area contributed by atoms with E-state index in [1.165, 1.54) is 5.01 Å². The smallest absolute Gasteiger partial charge is 0.191 e. The Morgan fingerprint density at radius 2 is 1.90 bits per heavy atom. The molecule has 1 N–H and O–H groups in total. The molecule has 1 aromatic heterocycles. The number of benzene rings is 1. The van der Waals surface area contributed by atoms with Crippen molar-refractivity contribution in [2.24, 2.45) is 0 Å². The van der Waals surface area contributed by atoms with Crippen LogP contribution < -0.4 is 15.3 Å². The lowest BCUT2D eigenvalue weighted by molar-refractivity contribution is -1.07. The van der Waals surface area contributed by atoms with E-state index in [2.05, 4.69) is 10.4 Å². The summed E-state index contributed by atoms with van der Waals surface area (Å²) in [5.74, 6) is 0.775. The van der Waals surface area contributed by atoms with Gasteiger partial charge in [0.25, 0.3) is 0 Å². The van der Waals surface area contributed by atoms with E-state index in [0.717, 1.165) is 61.0 Å². The summed E-state index contributed by atoms with van der Waals surface area (Å²) in [6.45, 7) is 7.72. The Hall–Kier alpha value is -2.38. The summed E-state index contributed by atoms with van der Waals surface area (Å²) < 4.78 is 5.57. The number of carbonyl (C=O) groups is 1. The summed E-state index contributed by atoms with van der Waals surface area (Å²) >= 11 is 0. The van der Waals surface area contributed by atoms with E-state index in [1.807, 2.05) is 45.0 Å². The van der Waals surface area contributed by atoms with Gasteiger partial charge in [-0.1, -0.05) is 0 Å². The first-order chi connectivity index (χ1) is 13.8. The molecule has 1 fully saturated rings. The number of aromatic nitrogens is 1. The summed E-state index contributed by atoms with van der Waals surface area (Å²) in [5.41, 5.74) is 4.95. The van der Waals surface area contributed by atoms with Crippen LogP contribution in [0.5, 0.6) is 5.75 Å². The third kappa shape index (κ3) is 4.62. The number of hydrogen-bond acceptors (Lipinski definition) is 5. The molecule has 0 spiro atoms. The van der Waals surface area contributed by atoms with Crippen LogP contribution in [0.2, 0.25) is 0 Å².